The molecule has 0 aliphatic heterocycles. The Morgan fingerprint density at radius 3 is 2.65 bits per heavy atom. The van der Waals surface area contributed by atoms with Crippen LogP contribution < -0.4 is 10.9 Å². The minimum atomic E-state index is -0.193. The number of carbonyl (C=O) groups is 1. The number of rotatable bonds is 6. The molecule has 0 aliphatic rings. The Hall–Kier alpha value is -2.77. The third kappa shape index (κ3) is 3.74. The highest BCUT2D eigenvalue weighted by Crippen LogP contribution is 2.12. The second-order valence-electron chi connectivity index (χ2n) is 5.77. The van der Waals surface area contributed by atoms with Crippen LogP contribution in [0.3, 0.4) is 0 Å². The average Bonchev–Trinajstić information content (AvgIpc) is 2.65. The van der Waals surface area contributed by atoms with Crippen LogP contribution in [0, 0.1) is 4.77 Å². The summed E-state index contributed by atoms with van der Waals surface area (Å²) >= 11 is 5.33. The Bertz CT molecular complexity index is 1040. The standard InChI is InChI=1S/C19H19N3O3S/c1-25-12-4-11-20-17(23)13-7-9-14(10-8-13)22-18(24)15-5-2-3-6-16(15)21-19(22)26/h2-3,5-10H,4,11-12H2,1H3,(H,20,23)(H,21,26). The van der Waals surface area contributed by atoms with E-state index in [2.05, 4.69) is 10.3 Å². The minimum Gasteiger partial charge on any atom is -0.385 e. The number of ether oxygens (including phenoxy) is 1. The van der Waals surface area contributed by atoms with Crippen molar-refractivity contribution in [2.45, 2.75) is 6.42 Å². The highest BCUT2D eigenvalue weighted by molar-refractivity contribution is 7.71. The molecule has 2 aromatic carbocycles. The molecule has 26 heavy (non-hydrogen) atoms. The van der Waals surface area contributed by atoms with Gasteiger partial charge in [0, 0.05) is 25.8 Å². The number of benzene rings is 2. The van der Waals surface area contributed by atoms with Gasteiger partial charge in [-0.2, -0.15) is 0 Å². The van der Waals surface area contributed by atoms with Crippen molar-refractivity contribution in [3.05, 3.63) is 69.2 Å². The number of nitrogens with one attached hydrogen (secondary N) is 2. The number of para-hydroxylation sites is 1. The molecule has 0 bridgehead atoms. The van der Waals surface area contributed by atoms with Crippen molar-refractivity contribution in [2.75, 3.05) is 20.3 Å². The van der Waals surface area contributed by atoms with Crippen LogP contribution in [-0.4, -0.2) is 35.7 Å². The molecule has 0 saturated heterocycles. The summed E-state index contributed by atoms with van der Waals surface area (Å²) in [7, 11) is 1.63. The summed E-state index contributed by atoms with van der Waals surface area (Å²) in [5, 5.41) is 3.38. The highest BCUT2D eigenvalue weighted by Gasteiger charge is 2.09. The van der Waals surface area contributed by atoms with Crippen molar-refractivity contribution in [1.29, 1.82) is 0 Å². The third-order valence-corrected chi connectivity index (χ3v) is 4.29. The topological polar surface area (TPSA) is 76.1 Å². The number of methoxy groups -OCH3 is 1. The maximum Gasteiger partial charge on any atom is 0.266 e. The summed E-state index contributed by atoms with van der Waals surface area (Å²) in [6, 6.07) is 14.0. The first-order chi connectivity index (χ1) is 12.6. The van der Waals surface area contributed by atoms with Gasteiger partial charge < -0.3 is 15.0 Å². The van der Waals surface area contributed by atoms with Crippen LogP contribution in [0.15, 0.2) is 53.3 Å². The van der Waals surface area contributed by atoms with Gasteiger partial charge in [0.2, 0.25) is 0 Å². The van der Waals surface area contributed by atoms with Gasteiger partial charge in [-0.3, -0.25) is 14.2 Å². The van der Waals surface area contributed by atoms with E-state index in [1.165, 1.54) is 4.57 Å². The Balaban J connectivity index is 1.87. The fourth-order valence-corrected chi connectivity index (χ4v) is 2.98. The minimum absolute atomic E-state index is 0.163. The van der Waals surface area contributed by atoms with Crippen LogP contribution in [0.25, 0.3) is 16.6 Å². The molecule has 7 heteroatoms. The molecular weight excluding hydrogens is 350 g/mol. The molecule has 0 spiro atoms. The van der Waals surface area contributed by atoms with E-state index in [0.29, 0.717) is 40.1 Å². The zero-order valence-corrected chi connectivity index (χ0v) is 15.1. The quantitative estimate of drug-likeness (QED) is 0.517. The van der Waals surface area contributed by atoms with Gasteiger partial charge in [0.1, 0.15) is 0 Å². The zero-order valence-electron chi connectivity index (χ0n) is 14.3. The van der Waals surface area contributed by atoms with Crippen LogP contribution in [0.2, 0.25) is 0 Å². The molecule has 0 fully saturated rings. The molecule has 134 valence electrons. The number of hydrogen-bond acceptors (Lipinski definition) is 4. The Morgan fingerprint density at radius 2 is 1.92 bits per heavy atom. The van der Waals surface area contributed by atoms with Crippen LogP contribution in [0.1, 0.15) is 16.8 Å². The number of fused-ring (bicyclic) bond motifs is 1. The van der Waals surface area contributed by atoms with Crippen molar-refractivity contribution >= 4 is 29.0 Å². The lowest BCUT2D eigenvalue weighted by Gasteiger charge is -2.09. The molecule has 0 atom stereocenters. The lowest BCUT2D eigenvalue weighted by molar-refractivity contribution is 0.0948. The van der Waals surface area contributed by atoms with Crippen molar-refractivity contribution in [1.82, 2.24) is 14.9 Å². The maximum absolute atomic E-state index is 12.8. The first kappa shape index (κ1) is 18.0. The zero-order chi connectivity index (χ0) is 18.5. The van der Waals surface area contributed by atoms with Crippen molar-refractivity contribution < 1.29 is 9.53 Å². The lowest BCUT2D eigenvalue weighted by atomic mass is 10.2. The smallest absolute Gasteiger partial charge is 0.266 e. The normalized spacial score (nSPS) is 10.8. The first-order valence-electron chi connectivity index (χ1n) is 8.23. The van der Waals surface area contributed by atoms with Gasteiger partial charge >= 0.3 is 0 Å². The molecule has 0 saturated carbocycles. The van der Waals surface area contributed by atoms with E-state index >= 15 is 0 Å². The summed E-state index contributed by atoms with van der Waals surface area (Å²) in [4.78, 5) is 27.9. The Morgan fingerprint density at radius 1 is 1.19 bits per heavy atom. The number of aromatic amines is 1. The Kier molecular flexibility index (Phi) is 5.60. The fourth-order valence-electron chi connectivity index (χ4n) is 2.68. The van der Waals surface area contributed by atoms with Gasteiger partial charge in [-0.25, -0.2) is 0 Å². The predicted octanol–water partition coefficient (Wildman–Crippen LogP) is 2.81. The highest BCUT2D eigenvalue weighted by atomic mass is 32.1. The summed E-state index contributed by atoms with van der Waals surface area (Å²) in [5.74, 6) is -0.163. The summed E-state index contributed by atoms with van der Waals surface area (Å²) in [6.45, 7) is 1.14. The molecule has 3 aromatic rings. The molecule has 1 heterocycles. The SMILES string of the molecule is COCCCNC(=O)c1ccc(-n2c(=S)[nH]c3ccccc3c2=O)cc1. The van der Waals surface area contributed by atoms with Crippen LogP contribution >= 0.6 is 12.2 Å². The van der Waals surface area contributed by atoms with Gasteiger partial charge in [0.15, 0.2) is 4.77 Å². The van der Waals surface area contributed by atoms with E-state index in [1.54, 1.807) is 37.4 Å². The molecule has 0 aliphatic carbocycles. The van der Waals surface area contributed by atoms with Crippen molar-refractivity contribution in [3.8, 4) is 5.69 Å². The van der Waals surface area contributed by atoms with Crippen LogP contribution in [0.5, 0.6) is 0 Å². The second-order valence-corrected chi connectivity index (χ2v) is 6.15. The first-order valence-corrected chi connectivity index (χ1v) is 8.64. The number of aromatic nitrogens is 2. The molecule has 1 amide bonds. The van der Waals surface area contributed by atoms with Crippen LogP contribution in [-0.2, 0) is 4.74 Å². The number of nitrogens with zero attached hydrogens (tertiary/aromatic N) is 1. The molecule has 2 N–H and O–H groups in total. The summed E-state index contributed by atoms with van der Waals surface area (Å²) in [6.07, 6.45) is 0.752. The van der Waals surface area contributed by atoms with E-state index < -0.39 is 0 Å². The van der Waals surface area contributed by atoms with E-state index in [9.17, 15) is 9.59 Å². The van der Waals surface area contributed by atoms with Crippen molar-refractivity contribution in [3.63, 3.8) is 0 Å². The van der Waals surface area contributed by atoms with Gasteiger partial charge in [0.05, 0.1) is 16.6 Å². The Labute approximate surface area is 155 Å². The van der Waals surface area contributed by atoms with Gasteiger partial charge in [-0.15, -0.1) is 0 Å². The van der Waals surface area contributed by atoms with E-state index in [0.717, 1.165) is 6.42 Å². The largest absolute Gasteiger partial charge is 0.385 e. The number of carbonyl (C=O) groups excluding carboxylic acids is 1. The predicted molar refractivity (Wildman–Crippen MR) is 104 cm³/mol. The molecular formula is C19H19N3O3S. The molecule has 0 unspecified atom stereocenters. The van der Waals surface area contributed by atoms with Gasteiger partial charge in [-0.1, -0.05) is 12.1 Å². The second kappa shape index (κ2) is 8.07. The number of H-pyrrole nitrogens is 1. The molecule has 3 rings (SSSR count). The monoisotopic (exact) mass is 369 g/mol. The summed E-state index contributed by atoms with van der Waals surface area (Å²) < 4.78 is 6.69. The molecule has 0 radical (unpaired) electrons. The summed E-state index contributed by atoms with van der Waals surface area (Å²) in [5.41, 5.74) is 1.64. The van der Waals surface area contributed by atoms with E-state index in [4.69, 9.17) is 17.0 Å². The number of amides is 1. The fraction of sp³-hybridized carbons (Fsp3) is 0.211. The maximum atomic E-state index is 12.8. The van der Waals surface area contributed by atoms with E-state index in [-0.39, 0.29) is 11.5 Å². The average molecular weight is 369 g/mol. The van der Waals surface area contributed by atoms with Gasteiger partial charge in [0.25, 0.3) is 11.5 Å². The van der Waals surface area contributed by atoms with E-state index in [1.807, 2.05) is 18.2 Å². The lowest BCUT2D eigenvalue weighted by Crippen LogP contribution is -2.25. The van der Waals surface area contributed by atoms with Crippen LogP contribution in [0.4, 0.5) is 0 Å². The van der Waals surface area contributed by atoms with Crippen molar-refractivity contribution in [2.24, 2.45) is 0 Å². The van der Waals surface area contributed by atoms with Gasteiger partial charge in [-0.05, 0) is 55.0 Å². The number of hydrogen-bond donors (Lipinski definition) is 2. The molecule has 6 nitrogen and oxygen atoms in total. The molecule has 1 aromatic heterocycles. The third-order valence-electron chi connectivity index (χ3n) is 4.00.